The highest BCUT2D eigenvalue weighted by atomic mass is 35.5. The molecule has 84 valence electrons. The summed E-state index contributed by atoms with van der Waals surface area (Å²) in [6.45, 7) is 0. The van der Waals surface area contributed by atoms with E-state index in [1.54, 1.807) is 0 Å². The average Bonchev–Trinajstić information content (AvgIpc) is 2.86. The van der Waals surface area contributed by atoms with Gasteiger partial charge in [-0.1, -0.05) is 16.8 Å². The van der Waals surface area contributed by atoms with Crippen molar-refractivity contribution in [2.75, 3.05) is 0 Å². The quantitative estimate of drug-likeness (QED) is 0.916. The van der Waals surface area contributed by atoms with E-state index in [9.17, 15) is 0 Å². The lowest BCUT2D eigenvalue weighted by atomic mass is 10.2. The fourth-order valence-electron chi connectivity index (χ4n) is 1.57. The second-order valence-corrected chi connectivity index (χ2v) is 5.24. The lowest BCUT2D eigenvalue weighted by Crippen LogP contribution is -2.13. The first kappa shape index (κ1) is 10.3. The molecule has 6 heteroatoms. The number of nitrogens with two attached hydrogens (primary N) is 1. The Morgan fingerprint density at radius 2 is 2.38 bits per heavy atom. The van der Waals surface area contributed by atoms with Gasteiger partial charge in [-0.3, -0.25) is 0 Å². The van der Waals surface area contributed by atoms with Gasteiger partial charge in [-0.05, 0) is 30.2 Å². The Morgan fingerprint density at radius 3 is 3.00 bits per heavy atom. The van der Waals surface area contributed by atoms with Crippen LogP contribution in [0.15, 0.2) is 16.0 Å². The Bertz CT molecular complexity index is 506. The van der Waals surface area contributed by atoms with Crippen molar-refractivity contribution >= 4 is 22.9 Å². The molecule has 0 aliphatic heterocycles. The Balaban J connectivity index is 1.90. The zero-order valence-electron chi connectivity index (χ0n) is 8.39. The largest absolute Gasteiger partial charge is 0.333 e. The van der Waals surface area contributed by atoms with Crippen LogP contribution in [0.3, 0.4) is 0 Å². The monoisotopic (exact) mass is 255 g/mol. The molecule has 3 rings (SSSR count). The Labute approximate surface area is 101 Å². The predicted octanol–water partition coefficient (Wildman–Crippen LogP) is 2.86. The Morgan fingerprint density at radius 1 is 1.56 bits per heavy atom. The molecule has 0 radical (unpaired) electrons. The summed E-state index contributed by atoms with van der Waals surface area (Å²) in [5.74, 6) is 1.57. The van der Waals surface area contributed by atoms with Crippen LogP contribution in [0.1, 0.15) is 24.7 Å². The maximum absolute atomic E-state index is 5.99. The molecule has 2 N–H and O–H groups in total. The molecule has 4 nitrogen and oxygen atoms in total. The smallest absolute Gasteiger partial charge is 0.269 e. The van der Waals surface area contributed by atoms with E-state index in [0.717, 1.165) is 17.7 Å². The van der Waals surface area contributed by atoms with Crippen LogP contribution < -0.4 is 5.73 Å². The summed E-state index contributed by atoms with van der Waals surface area (Å²) in [6, 6.07) is 1.71. The van der Waals surface area contributed by atoms with E-state index >= 15 is 0 Å². The van der Waals surface area contributed by atoms with Crippen molar-refractivity contribution in [3.63, 3.8) is 0 Å². The molecule has 0 bridgehead atoms. The minimum absolute atomic E-state index is 0.101. The first-order valence-corrected chi connectivity index (χ1v) is 6.34. The van der Waals surface area contributed by atoms with Crippen molar-refractivity contribution in [1.29, 1.82) is 0 Å². The molecular formula is C10H10ClN3OS. The van der Waals surface area contributed by atoms with Crippen molar-refractivity contribution in [3.8, 4) is 10.8 Å². The number of rotatable bonds is 3. The molecule has 1 atom stereocenters. The van der Waals surface area contributed by atoms with Crippen LogP contribution in [-0.2, 0) is 0 Å². The minimum atomic E-state index is -0.101. The van der Waals surface area contributed by atoms with Gasteiger partial charge in [0.1, 0.15) is 4.88 Å². The third-order valence-corrected chi connectivity index (χ3v) is 4.01. The van der Waals surface area contributed by atoms with E-state index < -0.39 is 0 Å². The molecule has 0 aromatic carbocycles. The summed E-state index contributed by atoms with van der Waals surface area (Å²) < 4.78 is 5.17. The summed E-state index contributed by atoms with van der Waals surface area (Å²) in [7, 11) is 0. The SMILES string of the molecule is NC(c1noc(-c2sccc2Cl)n1)C1CC1. The van der Waals surface area contributed by atoms with E-state index in [4.69, 9.17) is 21.9 Å². The number of nitrogens with zero attached hydrogens (tertiary/aromatic N) is 2. The first-order chi connectivity index (χ1) is 7.75. The molecule has 0 saturated heterocycles. The zero-order chi connectivity index (χ0) is 11.1. The summed E-state index contributed by atoms with van der Waals surface area (Å²) in [6.07, 6.45) is 2.32. The van der Waals surface area contributed by atoms with Gasteiger partial charge >= 0.3 is 0 Å². The van der Waals surface area contributed by atoms with Crippen LogP contribution in [-0.4, -0.2) is 10.1 Å². The molecule has 1 saturated carbocycles. The van der Waals surface area contributed by atoms with E-state index in [0.29, 0.717) is 22.7 Å². The van der Waals surface area contributed by atoms with Gasteiger partial charge in [0.2, 0.25) is 0 Å². The van der Waals surface area contributed by atoms with Crippen molar-refractivity contribution in [3.05, 3.63) is 22.3 Å². The van der Waals surface area contributed by atoms with E-state index in [1.165, 1.54) is 11.3 Å². The average molecular weight is 256 g/mol. The van der Waals surface area contributed by atoms with Gasteiger partial charge in [0.25, 0.3) is 5.89 Å². The summed E-state index contributed by atoms with van der Waals surface area (Å²) in [5, 5.41) is 6.44. The molecular weight excluding hydrogens is 246 g/mol. The number of thiophene rings is 1. The van der Waals surface area contributed by atoms with Crippen LogP contribution in [0.5, 0.6) is 0 Å². The predicted molar refractivity (Wildman–Crippen MR) is 62.3 cm³/mol. The molecule has 1 aliphatic rings. The molecule has 1 aliphatic carbocycles. The van der Waals surface area contributed by atoms with Gasteiger partial charge < -0.3 is 10.3 Å². The van der Waals surface area contributed by atoms with Crippen molar-refractivity contribution in [2.45, 2.75) is 18.9 Å². The minimum Gasteiger partial charge on any atom is -0.333 e. The van der Waals surface area contributed by atoms with Gasteiger partial charge in [0, 0.05) is 0 Å². The van der Waals surface area contributed by atoms with Gasteiger partial charge in [-0.25, -0.2) is 0 Å². The topological polar surface area (TPSA) is 64.9 Å². The van der Waals surface area contributed by atoms with Crippen LogP contribution in [0.4, 0.5) is 0 Å². The van der Waals surface area contributed by atoms with Crippen molar-refractivity contribution < 1.29 is 4.52 Å². The Hall–Kier alpha value is -0.910. The first-order valence-electron chi connectivity index (χ1n) is 5.08. The fraction of sp³-hybridized carbons (Fsp3) is 0.400. The third kappa shape index (κ3) is 1.75. The highest BCUT2D eigenvalue weighted by molar-refractivity contribution is 7.14. The summed E-state index contributed by atoms with van der Waals surface area (Å²) >= 11 is 7.47. The second kappa shape index (κ2) is 3.84. The van der Waals surface area contributed by atoms with E-state index in [2.05, 4.69) is 10.1 Å². The van der Waals surface area contributed by atoms with Crippen LogP contribution >= 0.6 is 22.9 Å². The van der Waals surface area contributed by atoms with Gasteiger partial charge in [-0.15, -0.1) is 11.3 Å². The van der Waals surface area contributed by atoms with Crippen molar-refractivity contribution in [1.82, 2.24) is 10.1 Å². The fourth-order valence-corrected chi connectivity index (χ4v) is 2.63. The van der Waals surface area contributed by atoms with Crippen molar-refractivity contribution in [2.24, 2.45) is 11.7 Å². The molecule has 0 amide bonds. The second-order valence-electron chi connectivity index (χ2n) is 3.92. The lowest BCUT2D eigenvalue weighted by Gasteiger charge is -2.01. The molecule has 2 heterocycles. The highest BCUT2D eigenvalue weighted by Crippen LogP contribution is 2.39. The highest BCUT2D eigenvalue weighted by Gasteiger charge is 2.32. The van der Waals surface area contributed by atoms with Crippen LogP contribution in [0.25, 0.3) is 10.8 Å². The molecule has 2 aromatic rings. The molecule has 1 unspecified atom stereocenters. The number of hydrogen-bond acceptors (Lipinski definition) is 5. The standard InChI is InChI=1S/C10H10ClN3OS/c11-6-3-4-16-8(6)10-13-9(14-15-10)7(12)5-1-2-5/h3-5,7H,1-2,12H2. The maximum atomic E-state index is 5.99. The molecule has 0 spiro atoms. The zero-order valence-corrected chi connectivity index (χ0v) is 9.96. The lowest BCUT2D eigenvalue weighted by molar-refractivity contribution is 0.412. The third-order valence-electron chi connectivity index (χ3n) is 2.68. The van der Waals surface area contributed by atoms with E-state index in [-0.39, 0.29) is 6.04 Å². The number of aromatic nitrogens is 2. The number of hydrogen-bond donors (Lipinski definition) is 1. The van der Waals surface area contributed by atoms with Crippen LogP contribution in [0, 0.1) is 5.92 Å². The van der Waals surface area contributed by atoms with Crippen LogP contribution in [0.2, 0.25) is 5.02 Å². The normalized spacial score (nSPS) is 17.6. The van der Waals surface area contributed by atoms with Gasteiger partial charge in [-0.2, -0.15) is 4.98 Å². The van der Waals surface area contributed by atoms with Gasteiger partial charge in [0.05, 0.1) is 11.1 Å². The molecule has 16 heavy (non-hydrogen) atoms. The summed E-state index contributed by atoms with van der Waals surface area (Å²) in [4.78, 5) is 5.11. The molecule has 2 aromatic heterocycles. The maximum Gasteiger partial charge on any atom is 0.269 e. The number of halogens is 1. The Kier molecular flexibility index (Phi) is 2.46. The molecule has 1 fully saturated rings. The summed E-state index contributed by atoms with van der Waals surface area (Å²) in [5.41, 5.74) is 5.99. The van der Waals surface area contributed by atoms with Gasteiger partial charge in [0.15, 0.2) is 5.82 Å². The van der Waals surface area contributed by atoms with E-state index in [1.807, 2.05) is 11.4 Å².